The number of pyridine rings is 1. The van der Waals surface area contributed by atoms with E-state index in [0.717, 1.165) is 29.0 Å². The van der Waals surface area contributed by atoms with Crippen molar-refractivity contribution < 1.29 is 9.47 Å². The van der Waals surface area contributed by atoms with Crippen LogP contribution in [0.3, 0.4) is 0 Å². The summed E-state index contributed by atoms with van der Waals surface area (Å²) >= 11 is 0. The van der Waals surface area contributed by atoms with Crippen molar-refractivity contribution in [3.63, 3.8) is 0 Å². The van der Waals surface area contributed by atoms with Gasteiger partial charge in [-0.3, -0.25) is 0 Å². The summed E-state index contributed by atoms with van der Waals surface area (Å²) < 4.78 is 10.6. The summed E-state index contributed by atoms with van der Waals surface area (Å²) in [4.78, 5) is 4.58. The topological polar surface area (TPSA) is 43.4 Å². The van der Waals surface area contributed by atoms with E-state index in [1.54, 1.807) is 14.2 Å². The Hall–Kier alpha value is -1.97. The zero-order valence-corrected chi connectivity index (χ0v) is 11.9. The van der Waals surface area contributed by atoms with Gasteiger partial charge in [-0.1, -0.05) is 13.8 Å². The van der Waals surface area contributed by atoms with E-state index in [0.29, 0.717) is 11.7 Å². The Labute approximate surface area is 113 Å². The van der Waals surface area contributed by atoms with Gasteiger partial charge in [0.2, 0.25) is 0 Å². The molecule has 0 aliphatic rings. The third kappa shape index (κ3) is 3.08. The maximum Gasteiger partial charge on any atom is 0.162 e. The second kappa shape index (κ2) is 5.78. The van der Waals surface area contributed by atoms with E-state index >= 15 is 0 Å². The average Bonchev–Trinajstić information content (AvgIpc) is 2.43. The molecule has 0 bridgehead atoms. The van der Waals surface area contributed by atoms with Crippen LogP contribution in [0, 0.1) is 5.92 Å². The number of hydrogen-bond donors (Lipinski definition) is 1. The largest absolute Gasteiger partial charge is 0.493 e. The van der Waals surface area contributed by atoms with Crippen LogP contribution < -0.4 is 14.8 Å². The first kappa shape index (κ1) is 13.5. The lowest BCUT2D eigenvalue weighted by Crippen LogP contribution is -2.08. The number of methoxy groups -OCH3 is 2. The Bertz CT molecular complexity index is 567. The number of rotatable bonds is 5. The van der Waals surface area contributed by atoms with Crippen LogP contribution in [-0.4, -0.2) is 25.7 Å². The molecule has 102 valence electrons. The van der Waals surface area contributed by atoms with Gasteiger partial charge < -0.3 is 14.8 Å². The van der Waals surface area contributed by atoms with Gasteiger partial charge in [-0.2, -0.15) is 0 Å². The fourth-order valence-electron chi connectivity index (χ4n) is 1.86. The number of aromatic nitrogens is 1. The predicted molar refractivity (Wildman–Crippen MR) is 78.2 cm³/mol. The zero-order valence-electron chi connectivity index (χ0n) is 11.9. The Balaban J connectivity index is 2.36. The summed E-state index contributed by atoms with van der Waals surface area (Å²) in [5.41, 5.74) is 0.895. The fraction of sp³-hybridized carbons (Fsp3) is 0.400. The van der Waals surface area contributed by atoms with Gasteiger partial charge in [0, 0.05) is 18.0 Å². The van der Waals surface area contributed by atoms with E-state index in [4.69, 9.17) is 9.47 Å². The van der Waals surface area contributed by atoms with E-state index in [-0.39, 0.29) is 0 Å². The summed E-state index contributed by atoms with van der Waals surface area (Å²) in [6, 6.07) is 7.85. The van der Waals surface area contributed by atoms with E-state index in [2.05, 4.69) is 24.1 Å². The summed E-state index contributed by atoms with van der Waals surface area (Å²) in [6.45, 7) is 5.25. The lowest BCUT2D eigenvalue weighted by atomic mass is 10.2. The Morgan fingerprint density at radius 2 is 1.79 bits per heavy atom. The molecule has 0 spiro atoms. The molecule has 1 heterocycles. The van der Waals surface area contributed by atoms with E-state index in [9.17, 15) is 0 Å². The third-order valence-corrected chi connectivity index (χ3v) is 2.89. The van der Waals surface area contributed by atoms with Crippen molar-refractivity contribution in [2.45, 2.75) is 13.8 Å². The second-order valence-corrected chi connectivity index (χ2v) is 4.87. The summed E-state index contributed by atoms with van der Waals surface area (Å²) in [5.74, 6) is 2.89. The minimum absolute atomic E-state index is 0.586. The fourth-order valence-corrected chi connectivity index (χ4v) is 1.86. The van der Waals surface area contributed by atoms with Crippen LogP contribution in [0.2, 0.25) is 0 Å². The normalized spacial score (nSPS) is 10.8. The van der Waals surface area contributed by atoms with E-state index in [1.165, 1.54) is 0 Å². The molecule has 0 fully saturated rings. The Morgan fingerprint density at radius 1 is 1.11 bits per heavy atom. The van der Waals surface area contributed by atoms with Gasteiger partial charge in [0.1, 0.15) is 5.82 Å². The first-order valence-corrected chi connectivity index (χ1v) is 6.40. The van der Waals surface area contributed by atoms with E-state index < -0.39 is 0 Å². The number of benzene rings is 1. The number of fused-ring (bicyclic) bond motifs is 1. The number of hydrogen-bond acceptors (Lipinski definition) is 4. The number of nitrogens with zero attached hydrogens (tertiary/aromatic N) is 1. The summed E-state index contributed by atoms with van der Waals surface area (Å²) in [6.07, 6.45) is 0. The van der Waals surface area contributed by atoms with Crippen molar-refractivity contribution in [3.05, 3.63) is 24.3 Å². The third-order valence-electron chi connectivity index (χ3n) is 2.89. The SMILES string of the molecule is COc1cc2ccc(NCC(C)C)nc2cc1OC. The van der Waals surface area contributed by atoms with Crippen molar-refractivity contribution >= 4 is 16.7 Å². The molecular weight excluding hydrogens is 240 g/mol. The molecule has 0 amide bonds. The Kier molecular flexibility index (Phi) is 4.10. The molecule has 1 aromatic carbocycles. The van der Waals surface area contributed by atoms with Crippen molar-refractivity contribution in [1.82, 2.24) is 4.98 Å². The molecule has 0 aliphatic carbocycles. The molecule has 2 rings (SSSR count). The molecular formula is C15H20N2O2. The summed E-state index contributed by atoms with van der Waals surface area (Å²) in [5, 5.41) is 4.35. The first-order valence-electron chi connectivity index (χ1n) is 6.40. The van der Waals surface area contributed by atoms with Gasteiger partial charge in [0.25, 0.3) is 0 Å². The van der Waals surface area contributed by atoms with Crippen LogP contribution in [0.4, 0.5) is 5.82 Å². The monoisotopic (exact) mass is 260 g/mol. The maximum atomic E-state index is 5.30. The van der Waals surface area contributed by atoms with Crippen molar-refractivity contribution in [2.24, 2.45) is 5.92 Å². The van der Waals surface area contributed by atoms with Crippen LogP contribution in [0.15, 0.2) is 24.3 Å². The molecule has 0 atom stereocenters. The minimum Gasteiger partial charge on any atom is -0.493 e. The van der Waals surface area contributed by atoms with Gasteiger partial charge in [0.15, 0.2) is 11.5 Å². The summed E-state index contributed by atoms with van der Waals surface area (Å²) in [7, 11) is 3.26. The van der Waals surface area contributed by atoms with Crippen molar-refractivity contribution in [3.8, 4) is 11.5 Å². The lowest BCUT2D eigenvalue weighted by Gasteiger charge is -2.11. The average molecular weight is 260 g/mol. The molecule has 4 nitrogen and oxygen atoms in total. The molecule has 0 saturated heterocycles. The van der Waals surface area contributed by atoms with E-state index in [1.807, 2.05) is 24.3 Å². The highest BCUT2D eigenvalue weighted by molar-refractivity contribution is 5.84. The Morgan fingerprint density at radius 3 is 2.42 bits per heavy atom. The van der Waals surface area contributed by atoms with Crippen LogP contribution in [-0.2, 0) is 0 Å². The molecule has 1 aromatic heterocycles. The smallest absolute Gasteiger partial charge is 0.162 e. The minimum atomic E-state index is 0.586. The van der Waals surface area contributed by atoms with Gasteiger partial charge >= 0.3 is 0 Å². The van der Waals surface area contributed by atoms with Gasteiger partial charge in [-0.05, 0) is 24.1 Å². The number of nitrogens with one attached hydrogen (secondary N) is 1. The standard InChI is InChI=1S/C15H20N2O2/c1-10(2)9-16-15-6-5-11-7-13(18-3)14(19-4)8-12(11)17-15/h5-8,10H,9H2,1-4H3,(H,16,17). The molecule has 0 radical (unpaired) electrons. The van der Waals surface area contributed by atoms with Gasteiger partial charge in [0.05, 0.1) is 19.7 Å². The molecule has 0 unspecified atom stereocenters. The molecule has 0 saturated carbocycles. The van der Waals surface area contributed by atoms with Crippen LogP contribution in [0.5, 0.6) is 11.5 Å². The molecule has 0 aliphatic heterocycles. The maximum absolute atomic E-state index is 5.30. The highest BCUT2D eigenvalue weighted by Gasteiger charge is 2.07. The molecule has 19 heavy (non-hydrogen) atoms. The number of ether oxygens (including phenoxy) is 2. The van der Waals surface area contributed by atoms with Crippen molar-refractivity contribution in [2.75, 3.05) is 26.1 Å². The van der Waals surface area contributed by atoms with Crippen LogP contribution in [0.25, 0.3) is 10.9 Å². The molecule has 2 aromatic rings. The molecule has 1 N–H and O–H groups in total. The van der Waals surface area contributed by atoms with Gasteiger partial charge in [-0.15, -0.1) is 0 Å². The molecule has 4 heteroatoms. The highest BCUT2D eigenvalue weighted by atomic mass is 16.5. The van der Waals surface area contributed by atoms with Crippen LogP contribution >= 0.6 is 0 Å². The van der Waals surface area contributed by atoms with Gasteiger partial charge in [-0.25, -0.2) is 4.98 Å². The quantitative estimate of drug-likeness (QED) is 0.895. The number of anilines is 1. The predicted octanol–water partition coefficient (Wildman–Crippen LogP) is 3.32. The lowest BCUT2D eigenvalue weighted by molar-refractivity contribution is 0.356. The van der Waals surface area contributed by atoms with Crippen molar-refractivity contribution in [1.29, 1.82) is 0 Å². The highest BCUT2D eigenvalue weighted by Crippen LogP contribution is 2.31. The first-order chi connectivity index (χ1) is 9.13. The van der Waals surface area contributed by atoms with Crippen LogP contribution in [0.1, 0.15) is 13.8 Å². The second-order valence-electron chi connectivity index (χ2n) is 4.87. The zero-order chi connectivity index (χ0) is 13.8.